The van der Waals surface area contributed by atoms with Gasteiger partial charge < -0.3 is 15.6 Å². The average molecular weight is 315 g/mol. The van der Waals surface area contributed by atoms with Gasteiger partial charge in [0.25, 0.3) is 0 Å². The Kier molecular flexibility index (Phi) is 4.60. The van der Waals surface area contributed by atoms with Crippen molar-refractivity contribution < 1.29 is 4.39 Å². The van der Waals surface area contributed by atoms with Crippen LogP contribution in [-0.4, -0.2) is 21.6 Å². The maximum Gasteiger partial charge on any atom is 0.189 e. The molecular weight excluding hydrogens is 293 g/mol. The molecule has 1 fully saturated rings. The predicted molar refractivity (Wildman–Crippen MR) is 89.0 cm³/mol. The molecule has 0 radical (unpaired) electrons. The van der Waals surface area contributed by atoms with E-state index in [2.05, 4.69) is 15.3 Å². The van der Waals surface area contributed by atoms with Gasteiger partial charge >= 0.3 is 0 Å². The van der Waals surface area contributed by atoms with Gasteiger partial charge in [-0.15, -0.1) is 0 Å². The third kappa shape index (κ3) is 3.70. The van der Waals surface area contributed by atoms with Gasteiger partial charge in [0.05, 0.1) is 12.2 Å². The molecule has 0 amide bonds. The highest BCUT2D eigenvalue weighted by Gasteiger charge is 2.14. The Balaban J connectivity index is 1.67. The molecule has 0 aliphatic heterocycles. The highest BCUT2D eigenvalue weighted by Crippen LogP contribution is 2.18. The third-order valence-electron chi connectivity index (χ3n) is 4.24. The summed E-state index contributed by atoms with van der Waals surface area (Å²) in [7, 11) is 0. The maximum absolute atomic E-state index is 14.3. The van der Waals surface area contributed by atoms with Gasteiger partial charge in [-0.3, -0.25) is 0 Å². The average Bonchev–Trinajstić information content (AvgIpc) is 3.17. The fourth-order valence-corrected chi connectivity index (χ4v) is 2.98. The van der Waals surface area contributed by atoms with E-state index in [4.69, 9.17) is 5.73 Å². The molecule has 0 bridgehead atoms. The highest BCUT2D eigenvalue weighted by atomic mass is 19.1. The van der Waals surface area contributed by atoms with E-state index in [9.17, 15) is 4.39 Å². The summed E-state index contributed by atoms with van der Waals surface area (Å²) < 4.78 is 16.0. The lowest BCUT2D eigenvalue weighted by atomic mass is 10.2. The van der Waals surface area contributed by atoms with Crippen LogP contribution in [0.5, 0.6) is 0 Å². The Bertz CT molecular complexity index is 701. The highest BCUT2D eigenvalue weighted by molar-refractivity contribution is 5.78. The molecule has 6 heteroatoms. The summed E-state index contributed by atoms with van der Waals surface area (Å²) >= 11 is 0. The van der Waals surface area contributed by atoms with Gasteiger partial charge in [0.2, 0.25) is 0 Å². The maximum atomic E-state index is 14.3. The van der Waals surface area contributed by atoms with E-state index in [1.54, 1.807) is 23.0 Å². The molecule has 23 heavy (non-hydrogen) atoms. The Labute approximate surface area is 135 Å². The van der Waals surface area contributed by atoms with Crippen LogP contribution in [-0.2, 0) is 6.54 Å². The van der Waals surface area contributed by atoms with Crippen molar-refractivity contribution in [3.8, 4) is 5.69 Å². The number of aromatic nitrogens is 2. The molecule has 1 aliphatic rings. The minimum atomic E-state index is -0.291. The molecule has 1 aliphatic carbocycles. The second kappa shape index (κ2) is 6.81. The first-order chi connectivity index (χ1) is 11.1. The summed E-state index contributed by atoms with van der Waals surface area (Å²) in [5.41, 5.74) is 7.18. The molecule has 1 aromatic carbocycles. The summed E-state index contributed by atoms with van der Waals surface area (Å²) in [6.45, 7) is 2.21. The largest absolute Gasteiger partial charge is 0.370 e. The summed E-state index contributed by atoms with van der Waals surface area (Å²) in [5.74, 6) is 0.896. The number of benzene rings is 1. The van der Waals surface area contributed by atoms with E-state index in [-0.39, 0.29) is 5.82 Å². The van der Waals surface area contributed by atoms with Crippen LogP contribution in [0.2, 0.25) is 0 Å². The first-order valence-electron chi connectivity index (χ1n) is 7.98. The summed E-state index contributed by atoms with van der Waals surface area (Å²) in [6.07, 6.45) is 8.17. The first-order valence-corrected chi connectivity index (χ1v) is 7.98. The Morgan fingerprint density at radius 1 is 1.43 bits per heavy atom. The van der Waals surface area contributed by atoms with Gasteiger partial charge in [-0.05, 0) is 37.5 Å². The number of hydrogen-bond acceptors (Lipinski definition) is 2. The zero-order valence-electron chi connectivity index (χ0n) is 13.3. The van der Waals surface area contributed by atoms with Crippen molar-refractivity contribution in [1.29, 1.82) is 0 Å². The topological polar surface area (TPSA) is 68.2 Å². The number of aryl methyl sites for hydroxylation is 1. The SMILES string of the molecule is Cc1nccn1-c1ccc(CN=C(N)NC2CCCC2)cc1F. The minimum Gasteiger partial charge on any atom is -0.370 e. The van der Waals surface area contributed by atoms with Crippen LogP contribution in [0, 0.1) is 12.7 Å². The monoisotopic (exact) mass is 315 g/mol. The predicted octanol–water partition coefficient (Wildman–Crippen LogP) is 2.67. The van der Waals surface area contributed by atoms with E-state index >= 15 is 0 Å². The van der Waals surface area contributed by atoms with Crippen LogP contribution in [0.25, 0.3) is 5.69 Å². The van der Waals surface area contributed by atoms with E-state index < -0.39 is 0 Å². The van der Waals surface area contributed by atoms with Crippen molar-refractivity contribution in [2.45, 2.75) is 45.2 Å². The molecule has 0 unspecified atom stereocenters. The van der Waals surface area contributed by atoms with Crippen LogP contribution in [0.15, 0.2) is 35.6 Å². The normalized spacial score (nSPS) is 16.0. The van der Waals surface area contributed by atoms with E-state index in [0.29, 0.717) is 24.2 Å². The summed E-state index contributed by atoms with van der Waals surface area (Å²) in [5, 5.41) is 3.23. The fraction of sp³-hybridized carbons (Fsp3) is 0.412. The van der Waals surface area contributed by atoms with Crippen molar-refractivity contribution in [3.63, 3.8) is 0 Å². The molecule has 1 heterocycles. The van der Waals surface area contributed by atoms with Crippen molar-refractivity contribution in [2.24, 2.45) is 10.7 Å². The van der Waals surface area contributed by atoms with Gasteiger partial charge in [0, 0.05) is 18.4 Å². The number of imidazole rings is 1. The van der Waals surface area contributed by atoms with E-state index in [1.165, 1.54) is 18.9 Å². The number of rotatable bonds is 4. The minimum absolute atomic E-state index is 0.291. The number of nitrogens with zero attached hydrogens (tertiary/aromatic N) is 3. The number of aliphatic imine (C=N–C) groups is 1. The third-order valence-corrected chi connectivity index (χ3v) is 4.24. The van der Waals surface area contributed by atoms with Crippen molar-refractivity contribution in [3.05, 3.63) is 47.8 Å². The lowest BCUT2D eigenvalue weighted by molar-refractivity contribution is 0.613. The lowest BCUT2D eigenvalue weighted by Crippen LogP contribution is -2.38. The van der Waals surface area contributed by atoms with Crippen molar-refractivity contribution >= 4 is 5.96 Å². The fourth-order valence-electron chi connectivity index (χ4n) is 2.98. The molecular formula is C17H22FN5. The van der Waals surface area contributed by atoms with Crippen LogP contribution < -0.4 is 11.1 Å². The number of hydrogen-bond donors (Lipinski definition) is 2. The molecule has 1 saturated carbocycles. The van der Waals surface area contributed by atoms with E-state index in [0.717, 1.165) is 24.2 Å². The molecule has 1 aromatic heterocycles. The van der Waals surface area contributed by atoms with Crippen LogP contribution >= 0.6 is 0 Å². The second-order valence-electron chi connectivity index (χ2n) is 5.96. The zero-order chi connectivity index (χ0) is 16.2. The van der Waals surface area contributed by atoms with Gasteiger partial charge in [0.1, 0.15) is 11.6 Å². The number of guanidine groups is 1. The van der Waals surface area contributed by atoms with Crippen molar-refractivity contribution in [1.82, 2.24) is 14.9 Å². The molecule has 0 spiro atoms. The zero-order valence-corrected chi connectivity index (χ0v) is 13.3. The van der Waals surface area contributed by atoms with E-state index in [1.807, 2.05) is 13.0 Å². The standard InChI is InChI=1S/C17H22FN5/c1-12-20-8-9-23(12)16-7-6-13(10-15(16)18)11-21-17(19)22-14-4-2-3-5-14/h6-10,14H,2-5,11H2,1H3,(H3,19,21,22). The molecule has 0 saturated heterocycles. The van der Waals surface area contributed by atoms with Gasteiger partial charge in [-0.25, -0.2) is 14.4 Å². The Morgan fingerprint density at radius 2 is 2.22 bits per heavy atom. The molecule has 5 nitrogen and oxygen atoms in total. The van der Waals surface area contributed by atoms with Crippen LogP contribution in [0.4, 0.5) is 4.39 Å². The Hall–Kier alpha value is -2.37. The molecule has 122 valence electrons. The first kappa shape index (κ1) is 15.5. The van der Waals surface area contributed by atoms with Gasteiger partial charge in [-0.1, -0.05) is 18.9 Å². The molecule has 2 aromatic rings. The molecule has 3 N–H and O–H groups in total. The van der Waals surface area contributed by atoms with Crippen molar-refractivity contribution in [2.75, 3.05) is 0 Å². The number of halogens is 1. The molecule has 0 atom stereocenters. The smallest absolute Gasteiger partial charge is 0.189 e. The Morgan fingerprint density at radius 3 is 2.87 bits per heavy atom. The number of nitrogens with one attached hydrogen (secondary N) is 1. The summed E-state index contributed by atoms with van der Waals surface area (Å²) in [4.78, 5) is 8.42. The quantitative estimate of drug-likeness (QED) is 0.673. The van der Waals surface area contributed by atoms with Crippen LogP contribution in [0.3, 0.4) is 0 Å². The second-order valence-corrected chi connectivity index (χ2v) is 5.96. The summed E-state index contributed by atoms with van der Waals surface area (Å²) in [6, 6.07) is 5.54. The van der Waals surface area contributed by atoms with Gasteiger partial charge in [-0.2, -0.15) is 0 Å². The van der Waals surface area contributed by atoms with Crippen LogP contribution in [0.1, 0.15) is 37.1 Å². The lowest BCUT2D eigenvalue weighted by Gasteiger charge is -2.12. The molecule has 3 rings (SSSR count). The van der Waals surface area contributed by atoms with Gasteiger partial charge in [0.15, 0.2) is 5.96 Å². The number of nitrogens with two attached hydrogens (primary N) is 1.